The molecule has 2 aromatic carbocycles. The zero-order valence-electron chi connectivity index (χ0n) is 9.47. The van der Waals surface area contributed by atoms with Gasteiger partial charge < -0.3 is 5.73 Å². The van der Waals surface area contributed by atoms with Crippen molar-refractivity contribution in [3.8, 4) is 11.3 Å². The van der Waals surface area contributed by atoms with E-state index in [0.717, 1.165) is 22.2 Å². The molecule has 1 heterocycles. The quantitative estimate of drug-likeness (QED) is 0.677. The molecule has 0 bridgehead atoms. The molecule has 0 atom stereocenters. The molecule has 2 N–H and O–H groups in total. The molecule has 88 valence electrons. The van der Waals surface area contributed by atoms with Crippen LogP contribution in [-0.2, 0) is 0 Å². The van der Waals surface area contributed by atoms with Gasteiger partial charge >= 0.3 is 0 Å². The highest BCUT2D eigenvalue weighted by Gasteiger charge is 2.09. The lowest BCUT2D eigenvalue weighted by molar-refractivity contribution is 1.22. The molecule has 0 aliphatic rings. The molecule has 0 unspecified atom stereocenters. The molecule has 0 saturated heterocycles. The number of nitrogens with zero attached hydrogens (tertiary/aromatic N) is 2. The van der Waals surface area contributed by atoms with E-state index in [1.807, 2.05) is 30.3 Å². The fraction of sp³-hybridized carbons (Fsp3) is 0. The van der Waals surface area contributed by atoms with Gasteiger partial charge in [0, 0.05) is 16.6 Å². The first-order valence-electron chi connectivity index (χ1n) is 5.51. The summed E-state index contributed by atoms with van der Waals surface area (Å²) in [6.07, 6.45) is 1.54. The Labute approximate surface area is 109 Å². The zero-order valence-corrected chi connectivity index (χ0v) is 10.2. The fourth-order valence-electron chi connectivity index (χ4n) is 1.94. The first kappa shape index (κ1) is 11.0. The van der Waals surface area contributed by atoms with E-state index in [1.165, 1.54) is 6.33 Å². The van der Waals surface area contributed by atoms with Gasteiger partial charge in [-0.05, 0) is 24.3 Å². The number of aromatic nitrogens is 2. The van der Waals surface area contributed by atoms with Gasteiger partial charge in [-0.3, -0.25) is 0 Å². The topological polar surface area (TPSA) is 51.8 Å². The Morgan fingerprint density at radius 1 is 1.00 bits per heavy atom. The van der Waals surface area contributed by atoms with Gasteiger partial charge in [-0.1, -0.05) is 29.8 Å². The average Bonchev–Trinajstić information content (AvgIpc) is 2.41. The van der Waals surface area contributed by atoms with E-state index in [9.17, 15) is 0 Å². The highest BCUT2D eigenvalue weighted by molar-refractivity contribution is 6.33. The van der Waals surface area contributed by atoms with Crippen molar-refractivity contribution >= 4 is 28.2 Å². The number of benzene rings is 2. The Morgan fingerprint density at radius 2 is 1.83 bits per heavy atom. The monoisotopic (exact) mass is 255 g/mol. The van der Waals surface area contributed by atoms with Crippen LogP contribution in [0.5, 0.6) is 0 Å². The van der Waals surface area contributed by atoms with Crippen molar-refractivity contribution in [2.45, 2.75) is 0 Å². The van der Waals surface area contributed by atoms with Crippen molar-refractivity contribution in [3.63, 3.8) is 0 Å². The molecule has 18 heavy (non-hydrogen) atoms. The normalized spacial score (nSPS) is 10.7. The molecule has 0 radical (unpaired) electrons. The molecule has 0 saturated carbocycles. The minimum absolute atomic E-state index is 0.632. The van der Waals surface area contributed by atoms with Gasteiger partial charge in [-0.2, -0.15) is 0 Å². The van der Waals surface area contributed by atoms with E-state index in [0.29, 0.717) is 10.7 Å². The van der Waals surface area contributed by atoms with Crippen molar-refractivity contribution < 1.29 is 0 Å². The van der Waals surface area contributed by atoms with Crippen molar-refractivity contribution in [2.75, 3.05) is 5.73 Å². The van der Waals surface area contributed by atoms with E-state index in [2.05, 4.69) is 9.97 Å². The molecule has 0 aliphatic heterocycles. The lowest BCUT2D eigenvalue weighted by atomic mass is 10.1. The van der Waals surface area contributed by atoms with Gasteiger partial charge in [-0.25, -0.2) is 9.97 Å². The van der Waals surface area contributed by atoms with E-state index in [4.69, 9.17) is 17.3 Å². The third-order valence-corrected chi connectivity index (χ3v) is 3.12. The molecule has 4 heteroatoms. The second kappa shape index (κ2) is 4.27. The van der Waals surface area contributed by atoms with Crippen LogP contribution in [0.3, 0.4) is 0 Å². The van der Waals surface area contributed by atoms with Gasteiger partial charge in [0.15, 0.2) is 0 Å². The number of halogens is 1. The summed E-state index contributed by atoms with van der Waals surface area (Å²) in [6, 6.07) is 13.2. The van der Waals surface area contributed by atoms with Gasteiger partial charge in [0.2, 0.25) is 0 Å². The van der Waals surface area contributed by atoms with Crippen LogP contribution < -0.4 is 5.73 Å². The van der Waals surface area contributed by atoms with E-state index >= 15 is 0 Å². The summed E-state index contributed by atoms with van der Waals surface area (Å²) >= 11 is 6.22. The highest BCUT2D eigenvalue weighted by atomic mass is 35.5. The van der Waals surface area contributed by atoms with Crippen LogP contribution in [0.4, 0.5) is 5.69 Å². The van der Waals surface area contributed by atoms with Crippen molar-refractivity contribution in [3.05, 3.63) is 53.8 Å². The molecule has 0 aliphatic carbocycles. The third-order valence-electron chi connectivity index (χ3n) is 2.79. The molecule has 0 fully saturated rings. The van der Waals surface area contributed by atoms with Gasteiger partial charge in [0.25, 0.3) is 0 Å². The Kier molecular flexibility index (Phi) is 2.61. The van der Waals surface area contributed by atoms with Crippen LogP contribution in [0.25, 0.3) is 22.2 Å². The Hall–Kier alpha value is -2.13. The maximum absolute atomic E-state index is 6.22. The molecule has 0 spiro atoms. The molecular weight excluding hydrogens is 246 g/mol. The van der Waals surface area contributed by atoms with E-state index in [-0.39, 0.29) is 0 Å². The van der Waals surface area contributed by atoms with Crippen molar-refractivity contribution in [1.82, 2.24) is 9.97 Å². The first-order chi connectivity index (χ1) is 8.75. The second-order valence-electron chi connectivity index (χ2n) is 3.98. The number of rotatable bonds is 1. The van der Waals surface area contributed by atoms with Crippen molar-refractivity contribution in [1.29, 1.82) is 0 Å². The minimum Gasteiger partial charge on any atom is -0.399 e. The fourth-order valence-corrected chi connectivity index (χ4v) is 2.15. The number of anilines is 1. The van der Waals surface area contributed by atoms with Gasteiger partial charge in [-0.15, -0.1) is 0 Å². The maximum atomic E-state index is 6.22. The summed E-state index contributed by atoms with van der Waals surface area (Å²) in [5, 5.41) is 1.60. The number of nitrogens with two attached hydrogens (primary N) is 1. The second-order valence-corrected chi connectivity index (χ2v) is 4.39. The van der Waals surface area contributed by atoms with Crippen molar-refractivity contribution in [2.24, 2.45) is 0 Å². The molecule has 3 rings (SSSR count). The predicted molar refractivity (Wildman–Crippen MR) is 74.4 cm³/mol. The van der Waals surface area contributed by atoms with Crippen LogP contribution in [-0.4, -0.2) is 9.97 Å². The Morgan fingerprint density at radius 3 is 2.72 bits per heavy atom. The van der Waals surface area contributed by atoms with Crippen LogP contribution in [0.1, 0.15) is 0 Å². The minimum atomic E-state index is 0.632. The largest absolute Gasteiger partial charge is 0.399 e. The van der Waals surface area contributed by atoms with Crippen LogP contribution >= 0.6 is 11.6 Å². The predicted octanol–water partition coefficient (Wildman–Crippen LogP) is 3.53. The standard InChI is InChI=1S/C14H10ClN3/c15-12-6-5-9(16)7-11(12)14-10-3-1-2-4-13(10)17-8-18-14/h1-8H,16H2. The summed E-state index contributed by atoms with van der Waals surface area (Å²) < 4.78 is 0. The average molecular weight is 256 g/mol. The third kappa shape index (κ3) is 1.79. The Bertz CT molecular complexity index is 720. The van der Waals surface area contributed by atoms with Crippen LogP contribution in [0.15, 0.2) is 48.8 Å². The summed E-state index contributed by atoms with van der Waals surface area (Å²) in [5.41, 5.74) is 8.99. The number of hydrogen-bond donors (Lipinski definition) is 1. The first-order valence-corrected chi connectivity index (χ1v) is 5.88. The molecule has 3 nitrogen and oxygen atoms in total. The summed E-state index contributed by atoms with van der Waals surface area (Å²) in [6.45, 7) is 0. The number of hydrogen-bond acceptors (Lipinski definition) is 3. The van der Waals surface area contributed by atoms with E-state index < -0.39 is 0 Å². The highest BCUT2D eigenvalue weighted by Crippen LogP contribution is 2.32. The number of fused-ring (bicyclic) bond motifs is 1. The number of nitrogen functional groups attached to an aromatic ring is 1. The summed E-state index contributed by atoms with van der Waals surface area (Å²) in [5.74, 6) is 0. The number of para-hydroxylation sites is 1. The molecule has 1 aromatic heterocycles. The molecule has 3 aromatic rings. The summed E-state index contributed by atoms with van der Waals surface area (Å²) in [7, 11) is 0. The lowest BCUT2D eigenvalue weighted by Gasteiger charge is -2.07. The lowest BCUT2D eigenvalue weighted by Crippen LogP contribution is -1.91. The van der Waals surface area contributed by atoms with Gasteiger partial charge in [0.1, 0.15) is 6.33 Å². The zero-order chi connectivity index (χ0) is 12.5. The van der Waals surface area contributed by atoms with Gasteiger partial charge in [0.05, 0.1) is 16.2 Å². The summed E-state index contributed by atoms with van der Waals surface area (Å²) in [4.78, 5) is 8.56. The molecule has 0 amide bonds. The van der Waals surface area contributed by atoms with E-state index in [1.54, 1.807) is 12.1 Å². The molecular formula is C14H10ClN3. The Balaban J connectivity index is 2.35. The van der Waals surface area contributed by atoms with Crippen LogP contribution in [0.2, 0.25) is 5.02 Å². The maximum Gasteiger partial charge on any atom is 0.116 e. The van der Waals surface area contributed by atoms with Crippen LogP contribution in [0, 0.1) is 0 Å². The smallest absolute Gasteiger partial charge is 0.116 e. The SMILES string of the molecule is Nc1ccc(Cl)c(-c2ncnc3ccccc23)c1.